The molecule has 1 aliphatic rings. The molecule has 1 saturated carbocycles. The van der Waals surface area contributed by atoms with Crippen molar-refractivity contribution in [3.63, 3.8) is 0 Å². The molecule has 1 aromatic heterocycles. The van der Waals surface area contributed by atoms with Crippen molar-refractivity contribution >= 4 is 23.3 Å². The van der Waals surface area contributed by atoms with E-state index in [2.05, 4.69) is 15.6 Å². The average Bonchev–Trinajstić information content (AvgIpc) is 2.95. The summed E-state index contributed by atoms with van der Waals surface area (Å²) in [5.74, 6) is -0.203. The maximum atomic E-state index is 12.1. The SMILES string of the molecule is O=C(O)N[C@H]1C[C@@H](NC(=O)c2ncc(-c3ccccc3)s2)C1. The maximum Gasteiger partial charge on any atom is 0.404 e. The van der Waals surface area contributed by atoms with Gasteiger partial charge in [-0.1, -0.05) is 30.3 Å². The second-order valence-electron chi connectivity index (χ2n) is 5.18. The van der Waals surface area contributed by atoms with Crippen LogP contribution in [0.1, 0.15) is 22.6 Å². The van der Waals surface area contributed by atoms with Crippen LogP contribution in [-0.4, -0.2) is 34.2 Å². The van der Waals surface area contributed by atoms with E-state index in [1.54, 1.807) is 6.20 Å². The lowest BCUT2D eigenvalue weighted by molar-refractivity contribution is 0.0902. The van der Waals surface area contributed by atoms with Gasteiger partial charge in [0.25, 0.3) is 5.91 Å². The first-order valence-electron chi connectivity index (χ1n) is 6.93. The number of carbonyl (C=O) groups excluding carboxylic acids is 1. The van der Waals surface area contributed by atoms with Gasteiger partial charge in [0.1, 0.15) is 0 Å². The number of amides is 2. The molecule has 0 bridgehead atoms. The fourth-order valence-electron chi connectivity index (χ4n) is 2.39. The monoisotopic (exact) mass is 317 g/mol. The molecule has 3 N–H and O–H groups in total. The molecule has 22 heavy (non-hydrogen) atoms. The number of aromatic nitrogens is 1. The molecule has 114 valence electrons. The number of carbonyl (C=O) groups is 2. The molecular formula is C15H15N3O3S. The minimum atomic E-state index is -1.03. The molecule has 0 spiro atoms. The van der Waals surface area contributed by atoms with Gasteiger partial charge in [-0.25, -0.2) is 9.78 Å². The molecule has 0 aliphatic heterocycles. The third-order valence-electron chi connectivity index (χ3n) is 3.56. The van der Waals surface area contributed by atoms with E-state index >= 15 is 0 Å². The maximum absolute atomic E-state index is 12.1. The van der Waals surface area contributed by atoms with Crippen LogP contribution in [0.25, 0.3) is 10.4 Å². The Labute approximate surface area is 131 Å². The van der Waals surface area contributed by atoms with E-state index in [-0.39, 0.29) is 18.0 Å². The zero-order valence-corrected chi connectivity index (χ0v) is 12.5. The van der Waals surface area contributed by atoms with E-state index < -0.39 is 6.09 Å². The number of thiazole rings is 1. The van der Waals surface area contributed by atoms with Gasteiger partial charge >= 0.3 is 6.09 Å². The first kappa shape index (κ1) is 14.5. The number of nitrogens with zero attached hydrogens (tertiary/aromatic N) is 1. The van der Waals surface area contributed by atoms with E-state index in [0.717, 1.165) is 10.4 Å². The summed E-state index contributed by atoms with van der Waals surface area (Å²) in [6.45, 7) is 0. The number of hydrogen-bond acceptors (Lipinski definition) is 4. The predicted molar refractivity (Wildman–Crippen MR) is 83.0 cm³/mol. The van der Waals surface area contributed by atoms with Gasteiger partial charge in [0.05, 0.1) is 4.88 Å². The zero-order valence-electron chi connectivity index (χ0n) is 11.7. The zero-order chi connectivity index (χ0) is 15.5. The summed E-state index contributed by atoms with van der Waals surface area (Å²) in [4.78, 5) is 27.7. The molecule has 0 unspecified atom stereocenters. The van der Waals surface area contributed by atoms with Crippen molar-refractivity contribution in [2.45, 2.75) is 24.9 Å². The highest BCUT2D eigenvalue weighted by Crippen LogP contribution is 2.26. The Morgan fingerprint density at radius 2 is 1.82 bits per heavy atom. The van der Waals surface area contributed by atoms with Crippen molar-refractivity contribution in [2.24, 2.45) is 0 Å². The minimum absolute atomic E-state index is 0.00780. The van der Waals surface area contributed by atoms with Gasteiger partial charge in [0.15, 0.2) is 5.01 Å². The van der Waals surface area contributed by atoms with Gasteiger partial charge in [-0.15, -0.1) is 11.3 Å². The molecule has 6 nitrogen and oxygen atoms in total. The number of benzene rings is 1. The molecule has 0 saturated heterocycles. The van der Waals surface area contributed by atoms with Gasteiger partial charge in [-0.3, -0.25) is 4.79 Å². The number of rotatable bonds is 4. The Bertz CT molecular complexity index is 680. The number of hydrogen-bond donors (Lipinski definition) is 3. The Morgan fingerprint density at radius 3 is 2.50 bits per heavy atom. The lowest BCUT2D eigenvalue weighted by Gasteiger charge is -2.35. The smallest absolute Gasteiger partial charge is 0.404 e. The number of carboxylic acid groups (broad SMARTS) is 1. The fourth-order valence-corrected chi connectivity index (χ4v) is 3.21. The highest BCUT2D eigenvalue weighted by atomic mass is 32.1. The van der Waals surface area contributed by atoms with Crippen LogP contribution >= 0.6 is 11.3 Å². The molecule has 0 radical (unpaired) electrons. The molecule has 0 atom stereocenters. The van der Waals surface area contributed by atoms with Crippen molar-refractivity contribution in [3.8, 4) is 10.4 Å². The normalized spacial score (nSPS) is 20.0. The highest BCUT2D eigenvalue weighted by Gasteiger charge is 2.32. The first-order valence-corrected chi connectivity index (χ1v) is 7.75. The highest BCUT2D eigenvalue weighted by molar-refractivity contribution is 7.16. The molecule has 2 amide bonds. The summed E-state index contributed by atoms with van der Waals surface area (Å²) in [5.41, 5.74) is 1.04. The van der Waals surface area contributed by atoms with E-state index in [4.69, 9.17) is 5.11 Å². The van der Waals surface area contributed by atoms with Gasteiger partial charge in [-0.05, 0) is 18.4 Å². The Hall–Kier alpha value is -2.41. The van der Waals surface area contributed by atoms with Gasteiger partial charge in [0.2, 0.25) is 0 Å². The third-order valence-corrected chi connectivity index (χ3v) is 4.60. The summed E-state index contributed by atoms with van der Waals surface area (Å²) in [7, 11) is 0. The van der Waals surface area contributed by atoms with E-state index in [0.29, 0.717) is 17.8 Å². The standard InChI is InChI=1S/C15H15N3O3S/c19-13(17-10-6-11(7-10)18-15(20)21)14-16-8-12(22-14)9-4-2-1-3-5-9/h1-5,8,10-11,18H,6-7H2,(H,17,19)(H,20,21)/t10-,11+. The number of nitrogens with one attached hydrogen (secondary N) is 2. The van der Waals surface area contributed by atoms with Crippen molar-refractivity contribution in [2.75, 3.05) is 0 Å². The summed E-state index contributed by atoms with van der Waals surface area (Å²) in [6.07, 6.45) is 1.91. The molecule has 2 aromatic rings. The van der Waals surface area contributed by atoms with Crippen LogP contribution < -0.4 is 10.6 Å². The van der Waals surface area contributed by atoms with E-state index in [1.165, 1.54) is 11.3 Å². The lowest BCUT2D eigenvalue weighted by atomic mass is 9.87. The quantitative estimate of drug-likeness (QED) is 0.807. The average molecular weight is 317 g/mol. The van der Waals surface area contributed by atoms with Crippen LogP contribution in [0, 0.1) is 0 Å². The van der Waals surface area contributed by atoms with Crippen molar-refractivity contribution in [3.05, 3.63) is 41.5 Å². The van der Waals surface area contributed by atoms with Crippen LogP contribution in [0.5, 0.6) is 0 Å². The summed E-state index contributed by atoms with van der Waals surface area (Å²) >= 11 is 1.35. The first-order chi connectivity index (χ1) is 10.6. The second-order valence-corrected chi connectivity index (χ2v) is 6.21. The molecule has 1 aliphatic carbocycles. The van der Waals surface area contributed by atoms with Crippen molar-refractivity contribution < 1.29 is 14.7 Å². The fraction of sp³-hybridized carbons (Fsp3) is 0.267. The van der Waals surface area contributed by atoms with E-state index in [1.807, 2.05) is 30.3 Å². The lowest BCUT2D eigenvalue weighted by Crippen LogP contribution is -2.53. The summed E-state index contributed by atoms with van der Waals surface area (Å²) in [6, 6.07) is 9.72. The van der Waals surface area contributed by atoms with Crippen molar-refractivity contribution in [1.29, 1.82) is 0 Å². The Kier molecular flexibility index (Phi) is 4.06. The molecule has 3 rings (SSSR count). The largest absolute Gasteiger partial charge is 0.465 e. The van der Waals surface area contributed by atoms with Gasteiger partial charge < -0.3 is 15.7 Å². The van der Waals surface area contributed by atoms with Gasteiger partial charge in [0, 0.05) is 18.3 Å². The van der Waals surface area contributed by atoms with Crippen LogP contribution in [0.2, 0.25) is 0 Å². The van der Waals surface area contributed by atoms with Crippen molar-refractivity contribution in [1.82, 2.24) is 15.6 Å². The van der Waals surface area contributed by atoms with Crippen LogP contribution in [0.4, 0.5) is 4.79 Å². The summed E-state index contributed by atoms with van der Waals surface area (Å²) < 4.78 is 0. The summed E-state index contributed by atoms with van der Waals surface area (Å²) in [5, 5.41) is 14.3. The molecule has 7 heteroatoms. The molecular weight excluding hydrogens is 302 g/mol. The molecule has 1 fully saturated rings. The molecule has 1 aromatic carbocycles. The third kappa shape index (κ3) is 3.25. The predicted octanol–water partition coefficient (Wildman–Crippen LogP) is 2.34. The van der Waals surface area contributed by atoms with Crippen LogP contribution in [0.3, 0.4) is 0 Å². The van der Waals surface area contributed by atoms with E-state index in [9.17, 15) is 9.59 Å². The van der Waals surface area contributed by atoms with Crippen LogP contribution in [-0.2, 0) is 0 Å². The Morgan fingerprint density at radius 1 is 1.14 bits per heavy atom. The second kappa shape index (κ2) is 6.15. The van der Waals surface area contributed by atoms with Gasteiger partial charge in [-0.2, -0.15) is 0 Å². The topological polar surface area (TPSA) is 91.3 Å². The minimum Gasteiger partial charge on any atom is -0.465 e. The molecule has 1 heterocycles. The van der Waals surface area contributed by atoms with Crippen LogP contribution in [0.15, 0.2) is 36.5 Å². The Balaban J connectivity index is 1.56.